The van der Waals surface area contributed by atoms with Gasteiger partial charge in [0.05, 0.1) is 12.7 Å². The first-order valence-corrected chi connectivity index (χ1v) is 3.79. The van der Waals surface area contributed by atoms with Crippen molar-refractivity contribution in [3.63, 3.8) is 0 Å². The summed E-state index contributed by atoms with van der Waals surface area (Å²) in [6.45, 7) is 0. The van der Waals surface area contributed by atoms with Gasteiger partial charge in [0.2, 0.25) is 0 Å². The molecule has 0 spiro atoms. The molecule has 0 amide bonds. The van der Waals surface area contributed by atoms with Gasteiger partial charge in [-0.3, -0.25) is 0 Å². The molecule has 14 heavy (non-hydrogen) atoms. The van der Waals surface area contributed by atoms with Crippen molar-refractivity contribution in [2.75, 3.05) is 7.11 Å². The van der Waals surface area contributed by atoms with Crippen molar-refractivity contribution in [3.8, 4) is 5.75 Å². The van der Waals surface area contributed by atoms with Crippen molar-refractivity contribution < 1.29 is 19.8 Å². The van der Waals surface area contributed by atoms with Crippen LogP contribution < -0.4 is 0 Å². The Morgan fingerprint density at radius 2 is 2.07 bits per heavy atom. The molecule has 0 heterocycles. The summed E-state index contributed by atoms with van der Waals surface area (Å²) in [6, 6.07) is 6.01. The molecule has 1 aromatic rings. The molecule has 0 aromatic heterocycles. The number of phenolic OH excluding ortho intramolecular Hbond substituents is 1. The van der Waals surface area contributed by atoms with Gasteiger partial charge in [-0.1, -0.05) is 17.3 Å². The number of methoxy groups -OCH3 is 1. The van der Waals surface area contributed by atoms with Crippen molar-refractivity contribution in [2.24, 2.45) is 5.16 Å². The number of carbonyl (C=O) groups is 1. The fourth-order valence-corrected chi connectivity index (χ4v) is 0.975. The molecule has 0 aliphatic carbocycles. The Hall–Kier alpha value is -2.04. The molecule has 5 nitrogen and oxygen atoms in total. The second kappa shape index (κ2) is 4.27. The number of carbonyl (C=O) groups excluding carboxylic acids is 1. The van der Waals surface area contributed by atoms with E-state index in [-0.39, 0.29) is 17.0 Å². The maximum Gasteiger partial charge on any atom is 0.360 e. The number of esters is 1. The molecule has 0 aliphatic heterocycles. The largest absolute Gasteiger partial charge is 0.507 e. The van der Waals surface area contributed by atoms with Crippen LogP contribution in [0.25, 0.3) is 0 Å². The minimum absolute atomic E-state index is 0.127. The van der Waals surface area contributed by atoms with Gasteiger partial charge in [-0.2, -0.15) is 0 Å². The molecule has 74 valence electrons. The Morgan fingerprint density at radius 3 is 2.57 bits per heavy atom. The highest BCUT2D eigenvalue weighted by Crippen LogP contribution is 2.16. The number of hydrogen-bond acceptors (Lipinski definition) is 5. The van der Waals surface area contributed by atoms with Crippen LogP contribution in [-0.4, -0.2) is 29.1 Å². The first-order chi connectivity index (χ1) is 6.70. The van der Waals surface area contributed by atoms with Crippen LogP contribution in [0.2, 0.25) is 0 Å². The van der Waals surface area contributed by atoms with Crippen LogP contribution in [0, 0.1) is 0 Å². The van der Waals surface area contributed by atoms with Gasteiger partial charge in [-0.15, -0.1) is 0 Å². The highest BCUT2D eigenvalue weighted by Gasteiger charge is 2.17. The van der Waals surface area contributed by atoms with Crippen LogP contribution in [0.15, 0.2) is 29.4 Å². The van der Waals surface area contributed by atoms with Crippen LogP contribution in [-0.2, 0) is 9.53 Å². The van der Waals surface area contributed by atoms with Gasteiger partial charge in [-0.05, 0) is 12.1 Å². The number of phenols is 1. The SMILES string of the molecule is COC(=O)C(=NO)c1ccccc1O. The molecule has 0 saturated heterocycles. The lowest BCUT2D eigenvalue weighted by molar-refractivity contribution is -0.132. The van der Waals surface area contributed by atoms with Crippen LogP contribution in [0.1, 0.15) is 5.56 Å². The van der Waals surface area contributed by atoms with Crippen molar-refractivity contribution in [3.05, 3.63) is 29.8 Å². The van der Waals surface area contributed by atoms with Crippen molar-refractivity contribution in [1.29, 1.82) is 0 Å². The molecule has 2 N–H and O–H groups in total. The molecule has 0 fully saturated rings. The number of hydrogen-bond donors (Lipinski definition) is 2. The summed E-state index contributed by atoms with van der Waals surface area (Å²) < 4.78 is 4.37. The molecule has 0 atom stereocenters. The minimum atomic E-state index is -0.811. The van der Waals surface area contributed by atoms with E-state index in [0.717, 1.165) is 7.11 Å². The second-order valence-electron chi connectivity index (χ2n) is 2.46. The van der Waals surface area contributed by atoms with E-state index in [9.17, 15) is 9.90 Å². The van der Waals surface area contributed by atoms with Crippen LogP contribution >= 0.6 is 0 Å². The lowest BCUT2D eigenvalue weighted by Gasteiger charge is -2.03. The zero-order valence-corrected chi connectivity index (χ0v) is 7.47. The third-order valence-corrected chi connectivity index (χ3v) is 1.64. The van der Waals surface area contributed by atoms with Gasteiger partial charge in [0.1, 0.15) is 5.75 Å². The Bertz CT molecular complexity index is 373. The number of benzene rings is 1. The van der Waals surface area contributed by atoms with E-state index in [4.69, 9.17) is 5.21 Å². The quantitative estimate of drug-likeness (QED) is 0.316. The zero-order valence-electron chi connectivity index (χ0n) is 7.47. The normalized spacial score (nSPS) is 11.1. The summed E-state index contributed by atoms with van der Waals surface area (Å²) in [5.41, 5.74) is -0.201. The van der Waals surface area contributed by atoms with Gasteiger partial charge in [-0.25, -0.2) is 4.79 Å². The summed E-state index contributed by atoms with van der Waals surface area (Å²) in [4.78, 5) is 11.1. The average Bonchev–Trinajstić information content (AvgIpc) is 2.21. The molecular weight excluding hydrogens is 186 g/mol. The monoisotopic (exact) mass is 195 g/mol. The third kappa shape index (κ3) is 1.82. The molecule has 0 bridgehead atoms. The first-order valence-electron chi connectivity index (χ1n) is 3.79. The van der Waals surface area contributed by atoms with E-state index >= 15 is 0 Å². The highest BCUT2D eigenvalue weighted by atomic mass is 16.5. The van der Waals surface area contributed by atoms with Crippen molar-refractivity contribution in [1.82, 2.24) is 0 Å². The molecule has 0 aliphatic rings. The van der Waals surface area contributed by atoms with Crippen LogP contribution in [0.5, 0.6) is 5.75 Å². The standard InChI is InChI=1S/C9H9NO4/c1-14-9(12)8(10-13)6-4-2-3-5-7(6)11/h2-5,11,13H,1H3. The fraction of sp³-hybridized carbons (Fsp3) is 0.111. The number of aromatic hydroxyl groups is 1. The lowest BCUT2D eigenvalue weighted by Crippen LogP contribution is -2.17. The lowest BCUT2D eigenvalue weighted by atomic mass is 10.1. The zero-order chi connectivity index (χ0) is 10.6. The maximum atomic E-state index is 11.1. The molecule has 1 rings (SSSR count). The molecule has 1 aromatic carbocycles. The van der Waals surface area contributed by atoms with Gasteiger partial charge >= 0.3 is 5.97 Å². The van der Waals surface area contributed by atoms with Crippen LogP contribution in [0.3, 0.4) is 0 Å². The second-order valence-corrected chi connectivity index (χ2v) is 2.46. The van der Waals surface area contributed by atoms with Crippen LogP contribution in [0.4, 0.5) is 0 Å². The highest BCUT2D eigenvalue weighted by molar-refractivity contribution is 6.43. The third-order valence-electron chi connectivity index (χ3n) is 1.64. The average molecular weight is 195 g/mol. The summed E-state index contributed by atoms with van der Waals surface area (Å²) in [7, 11) is 1.16. The van der Waals surface area contributed by atoms with Gasteiger partial charge in [0, 0.05) is 0 Å². The maximum absolute atomic E-state index is 11.1. The Kier molecular flexibility index (Phi) is 3.06. The topological polar surface area (TPSA) is 79.1 Å². The van der Waals surface area contributed by atoms with Gasteiger partial charge in [0.15, 0.2) is 5.71 Å². The van der Waals surface area contributed by atoms with Gasteiger partial charge in [0.25, 0.3) is 0 Å². The Labute approximate surface area is 80.2 Å². The van der Waals surface area contributed by atoms with E-state index in [2.05, 4.69) is 9.89 Å². The van der Waals surface area contributed by atoms with Crippen molar-refractivity contribution >= 4 is 11.7 Å². The van der Waals surface area contributed by atoms with Crippen molar-refractivity contribution in [2.45, 2.75) is 0 Å². The number of oxime groups is 1. The summed E-state index contributed by atoms with van der Waals surface area (Å²) >= 11 is 0. The summed E-state index contributed by atoms with van der Waals surface area (Å²) in [6.07, 6.45) is 0. The molecular formula is C9H9NO4. The Morgan fingerprint density at radius 1 is 1.43 bits per heavy atom. The summed E-state index contributed by atoms with van der Waals surface area (Å²) in [5.74, 6) is -0.959. The smallest absolute Gasteiger partial charge is 0.360 e. The molecule has 0 saturated carbocycles. The number of nitrogens with zero attached hydrogens (tertiary/aromatic N) is 1. The van der Waals surface area contributed by atoms with E-state index in [1.165, 1.54) is 12.1 Å². The predicted molar refractivity (Wildman–Crippen MR) is 48.4 cm³/mol. The van der Waals surface area contributed by atoms with E-state index in [1.54, 1.807) is 12.1 Å². The van der Waals surface area contributed by atoms with Gasteiger partial charge < -0.3 is 15.1 Å². The number of para-hydroxylation sites is 1. The minimum Gasteiger partial charge on any atom is -0.507 e. The summed E-state index contributed by atoms with van der Waals surface area (Å²) in [5, 5.41) is 20.7. The molecule has 0 unspecified atom stereocenters. The van der Waals surface area contributed by atoms with E-state index < -0.39 is 5.97 Å². The number of rotatable bonds is 2. The first kappa shape index (κ1) is 10.0. The van der Waals surface area contributed by atoms with E-state index in [0.29, 0.717) is 0 Å². The Balaban J connectivity index is 3.15. The predicted octanol–water partition coefficient (Wildman–Crippen LogP) is 0.743. The fourth-order valence-electron chi connectivity index (χ4n) is 0.975. The van der Waals surface area contributed by atoms with E-state index in [1.807, 2.05) is 0 Å². The molecule has 5 heteroatoms. The number of ether oxygens (including phenoxy) is 1. The molecule has 0 radical (unpaired) electrons.